The number of ether oxygens (including phenoxy) is 4. The molecule has 0 fully saturated rings. The van der Waals surface area contributed by atoms with Crippen LogP contribution in [0.4, 0.5) is 17.6 Å². The molecule has 0 heterocycles. The van der Waals surface area contributed by atoms with Crippen LogP contribution in [-0.4, -0.2) is 48.3 Å². The Balaban J connectivity index is 2.53. The lowest BCUT2D eigenvalue weighted by Crippen LogP contribution is -2.37. The largest absolute Gasteiger partial charge is 0.573 e. The van der Waals surface area contributed by atoms with Gasteiger partial charge in [-0.25, -0.2) is 9.18 Å². The number of alkyl halides is 3. The number of methoxy groups -OCH3 is 1. The molecular formula is C16H8B3BrF4O5. The Morgan fingerprint density at radius 2 is 1.66 bits per heavy atom. The third-order valence-electron chi connectivity index (χ3n) is 3.06. The van der Waals surface area contributed by atoms with Gasteiger partial charge in [-0.05, 0) is 29.6 Å². The van der Waals surface area contributed by atoms with Gasteiger partial charge in [-0.1, -0.05) is 15.9 Å². The van der Waals surface area contributed by atoms with Crippen LogP contribution in [0.25, 0.3) is 0 Å². The fraction of sp³-hybridized carbons (Fsp3) is 0.188. The van der Waals surface area contributed by atoms with Crippen molar-refractivity contribution in [1.82, 2.24) is 0 Å². The summed E-state index contributed by atoms with van der Waals surface area (Å²) < 4.78 is 70.5. The second-order valence-corrected chi connectivity index (χ2v) is 6.38. The van der Waals surface area contributed by atoms with E-state index in [1.165, 1.54) is 6.07 Å². The third kappa shape index (κ3) is 6.62. The van der Waals surface area contributed by atoms with Crippen molar-refractivity contribution >= 4 is 45.4 Å². The van der Waals surface area contributed by atoms with E-state index < -0.39 is 40.5 Å². The van der Waals surface area contributed by atoms with Gasteiger partial charge in [-0.3, -0.25) is 0 Å². The number of carbonyl (C=O) groups is 1. The van der Waals surface area contributed by atoms with Crippen LogP contribution in [0.3, 0.4) is 0 Å². The van der Waals surface area contributed by atoms with Crippen LogP contribution in [0, 0.1) is 5.82 Å². The van der Waals surface area contributed by atoms with Gasteiger partial charge in [0.25, 0.3) is 0 Å². The van der Waals surface area contributed by atoms with E-state index in [4.69, 9.17) is 33.0 Å². The Bertz CT molecular complexity index is 919. The fourth-order valence-corrected chi connectivity index (χ4v) is 2.50. The quantitative estimate of drug-likeness (QED) is 0.369. The first-order valence-electron chi connectivity index (χ1n) is 7.49. The van der Waals surface area contributed by atoms with Crippen molar-refractivity contribution in [3.8, 4) is 23.0 Å². The van der Waals surface area contributed by atoms with Gasteiger partial charge >= 0.3 is 12.3 Å². The molecule has 0 aliphatic heterocycles. The molecule has 6 radical (unpaired) electrons. The molecule has 2 aromatic rings. The molecule has 0 amide bonds. The molecule has 0 bridgehead atoms. The Labute approximate surface area is 175 Å². The molecule has 2 rings (SSSR count). The number of hydrogen-bond acceptors (Lipinski definition) is 5. The highest BCUT2D eigenvalue weighted by atomic mass is 79.9. The molecule has 13 heteroatoms. The second-order valence-electron chi connectivity index (χ2n) is 5.47. The number of benzene rings is 2. The van der Waals surface area contributed by atoms with Crippen molar-refractivity contribution in [3.63, 3.8) is 0 Å². The fourth-order valence-electron chi connectivity index (χ4n) is 2.09. The highest BCUT2D eigenvalue weighted by molar-refractivity contribution is 9.10. The Morgan fingerprint density at radius 3 is 2.21 bits per heavy atom. The highest BCUT2D eigenvalue weighted by Crippen LogP contribution is 2.39. The van der Waals surface area contributed by atoms with Crippen LogP contribution in [0.15, 0.2) is 34.8 Å². The normalized spacial score (nSPS) is 11.7. The zero-order valence-electron chi connectivity index (χ0n) is 14.5. The number of rotatable bonds is 6. The summed E-state index contributed by atoms with van der Waals surface area (Å²) in [5.41, 5.74) is -0.572. The first kappa shape index (κ1) is 23.0. The lowest BCUT2D eigenvalue weighted by Gasteiger charge is -2.25. The number of esters is 1. The Kier molecular flexibility index (Phi) is 6.82. The molecule has 0 saturated heterocycles. The monoisotopic (exact) mass is 468 g/mol. The second kappa shape index (κ2) is 8.60. The average molecular weight is 469 g/mol. The van der Waals surface area contributed by atoms with E-state index in [1.54, 1.807) is 0 Å². The zero-order valence-corrected chi connectivity index (χ0v) is 16.1. The smallest absolute Gasteiger partial charge is 0.512 e. The van der Waals surface area contributed by atoms with Crippen LogP contribution in [0.2, 0.25) is 0 Å². The van der Waals surface area contributed by atoms with Crippen molar-refractivity contribution in [2.24, 2.45) is 0 Å². The molecule has 0 spiro atoms. The molecule has 29 heavy (non-hydrogen) atoms. The summed E-state index contributed by atoms with van der Waals surface area (Å²) in [6, 6.07) is 4.83. The molecule has 0 unspecified atom stereocenters. The highest BCUT2D eigenvalue weighted by Gasteiger charge is 2.32. The summed E-state index contributed by atoms with van der Waals surface area (Å²) in [5, 5.41) is -2.30. The summed E-state index contributed by atoms with van der Waals surface area (Å²) in [6.45, 7) is 0. The number of halogens is 5. The van der Waals surface area contributed by atoms with Crippen molar-refractivity contribution < 1.29 is 41.3 Å². The number of carbonyl (C=O) groups excluding carboxylic acids is 1. The van der Waals surface area contributed by atoms with Crippen LogP contribution < -0.4 is 14.2 Å². The van der Waals surface area contributed by atoms with Crippen LogP contribution in [0.5, 0.6) is 23.0 Å². The van der Waals surface area contributed by atoms with Gasteiger partial charge in [-0.2, -0.15) is 0 Å². The summed E-state index contributed by atoms with van der Waals surface area (Å²) in [4.78, 5) is 11.9. The van der Waals surface area contributed by atoms with E-state index in [1.807, 2.05) is 0 Å². The minimum Gasteiger partial charge on any atom is -0.512 e. The molecular weight excluding hydrogens is 461 g/mol. The summed E-state index contributed by atoms with van der Waals surface area (Å²) in [7, 11) is 17.0. The maximum absolute atomic E-state index is 14.2. The first-order chi connectivity index (χ1) is 13.3. The standard InChI is InChI=1S/C16H8B3BrF4O5/c1-26-14(25)13-9(21)4-7(20)5-12(13)27-10-3-2-8(28-16(22,23)24)6-11(10)29-15(17,18)19/h2-6H,1H3. The van der Waals surface area contributed by atoms with E-state index in [2.05, 4.69) is 25.4 Å². The minimum absolute atomic E-state index is 0.197. The molecule has 0 saturated carbocycles. The van der Waals surface area contributed by atoms with Crippen LogP contribution in [0.1, 0.15) is 10.4 Å². The lowest BCUT2D eigenvalue weighted by molar-refractivity contribution is -0.274. The molecule has 5 nitrogen and oxygen atoms in total. The van der Waals surface area contributed by atoms with Crippen molar-refractivity contribution in [3.05, 3.63) is 46.2 Å². The molecule has 0 atom stereocenters. The van der Waals surface area contributed by atoms with Crippen molar-refractivity contribution in [1.29, 1.82) is 0 Å². The van der Waals surface area contributed by atoms with E-state index in [-0.39, 0.29) is 16.0 Å². The van der Waals surface area contributed by atoms with E-state index in [0.717, 1.165) is 31.4 Å². The molecule has 2 aromatic carbocycles. The third-order valence-corrected chi connectivity index (χ3v) is 3.52. The van der Waals surface area contributed by atoms with Gasteiger partial charge < -0.3 is 18.9 Å². The molecule has 0 aliphatic rings. The van der Waals surface area contributed by atoms with Gasteiger partial charge in [0.2, 0.25) is 0 Å². The maximum atomic E-state index is 14.2. The van der Waals surface area contributed by atoms with E-state index >= 15 is 0 Å². The van der Waals surface area contributed by atoms with Gasteiger partial charge in [-0.15, -0.1) is 13.2 Å². The van der Waals surface area contributed by atoms with Gasteiger partial charge in [0.1, 0.15) is 46.4 Å². The summed E-state index contributed by atoms with van der Waals surface area (Å²) in [6.07, 6.45) is -4.99. The maximum Gasteiger partial charge on any atom is 0.573 e. The average Bonchev–Trinajstić information content (AvgIpc) is 2.53. The molecule has 0 aliphatic carbocycles. The molecule has 0 aromatic heterocycles. The van der Waals surface area contributed by atoms with E-state index in [0.29, 0.717) is 0 Å². The Hall–Kier alpha value is -2.30. The van der Waals surface area contributed by atoms with Crippen molar-refractivity contribution in [2.75, 3.05) is 7.11 Å². The zero-order chi connectivity index (χ0) is 22.0. The summed E-state index contributed by atoms with van der Waals surface area (Å²) in [5.74, 6) is -3.85. The lowest BCUT2D eigenvalue weighted by atomic mass is 9.52. The van der Waals surface area contributed by atoms with Crippen LogP contribution in [-0.2, 0) is 4.74 Å². The van der Waals surface area contributed by atoms with E-state index in [9.17, 15) is 22.4 Å². The summed E-state index contributed by atoms with van der Waals surface area (Å²) >= 11 is 3.04. The van der Waals surface area contributed by atoms with Gasteiger partial charge in [0.05, 0.1) is 7.11 Å². The van der Waals surface area contributed by atoms with Gasteiger partial charge in [0.15, 0.2) is 11.5 Å². The Morgan fingerprint density at radius 1 is 1.00 bits per heavy atom. The predicted octanol–water partition coefficient (Wildman–Crippen LogP) is 3.56. The van der Waals surface area contributed by atoms with Crippen molar-refractivity contribution in [2.45, 2.75) is 11.7 Å². The topological polar surface area (TPSA) is 54.0 Å². The first-order valence-corrected chi connectivity index (χ1v) is 8.29. The predicted molar refractivity (Wildman–Crippen MR) is 99.3 cm³/mol. The minimum atomic E-state index is -4.99. The van der Waals surface area contributed by atoms with Gasteiger partial charge in [0, 0.05) is 10.5 Å². The SMILES string of the molecule is [B]C([B])([B])Oc1cc(OC(F)(F)F)ccc1Oc1cc(Br)cc(F)c1C(=O)OC. The molecule has 0 N–H and O–H groups in total. The van der Waals surface area contributed by atoms with Crippen LogP contribution >= 0.6 is 15.9 Å². The molecule has 146 valence electrons. The number of hydrogen-bond donors (Lipinski definition) is 0.